The number of halogens is 1. The van der Waals surface area contributed by atoms with Crippen molar-refractivity contribution in [3.63, 3.8) is 0 Å². The zero-order valence-corrected chi connectivity index (χ0v) is 19.8. The van der Waals surface area contributed by atoms with Gasteiger partial charge in [0.05, 0.1) is 5.56 Å². The van der Waals surface area contributed by atoms with E-state index in [-0.39, 0.29) is 0 Å². The molecule has 0 spiro atoms. The summed E-state index contributed by atoms with van der Waals surface area (Å²) in [6.07, 6.45) is 0. The van der Waals surface area contributed by atoms with Gasteiger partial charge >= 0.3 is 0 Å². The van der Waals surface area contributed by atoms with Crippen LogP contribution in [0, 0.1) is 0 Å². The van der Waals surface area contributed by atoms with Crippen molar-refractivity contribution in [1.29, 1.82) is 0 Å². The van der Waals surface area contributed by atoms with Gasteiger partial charge < -0.3 is 4.42 Å². The molecular formula is C31H18ClN3O. The number of nitrogens with zero attached hydrogens (tertiary/aromatic N) is 3. The fraction of sp³-hybridized carbons (Fsp3) is 0. The first-order chi connectivity index (χ1) is 17.7. The molecule has 2 heterocycles. The second kappa shape index (κ2) is 8.29. The quantitative estimate of drug-likeness (QED) is 0.252. The van der Waals surface area contributed by atoms with Gasteiger partial charge in [0.2, 0.25) is 0 Å². The number of para-hydroxylation sites is 2. The number of hydrogen-bond acceptors (Lipinski definition) is 4. The van der Waals surface area contributed by atoms with Crippen LogP contribution in [-0.4, -0.2) is 15.0 Å². The van der Waals surface area contributed by atoms with Crippen LogP contribution in [0.1, 0.15) is 0 Å². The SMILES string of the molecule is Clc1cccc(-c2nc(-c3ccc4ccccc4c3)nc(-c3cccc4c3oc3ccccc34)n2)c1. The van der Waals surface area contributed by atoms with Crippen LogP contribution >= 0.6 is 11.6 Å². The summed E-state index contributed by atoms with van der Waals surface area (Å²) in [6, 6.07) is 36.2. The first kappa shape index (κ1) is 20.8. The highest BCUT2D eigenvalue weighted by Gasteiger charge is 2.17. The number of furan rings is 1. The Morgan fingerprint density at radius 2 is 1.22 bits per heavy atom. The van der Waals surface area contributed by atoms with Gasteiger partial charge in [-0.2, -0.15) is 0 Å². The molecule has 0 radical (unpaired) electrons. The molecule has 0 N–H and O–H groups in total. The first-order valence-corrected chi connectivity index (χ1v) is 12.0. The Hall–Kier alpha value is -4.54. The van der Waals surface area contributed by atoms with E-state index in [0.29, 0.717) is 22.5 Å². The molecule has 0 aliphatic rings. The van der Waals surface area contributed by atoms with E-state index < -0.39 is 0 Å². The molecule has 0 saturated carbocycles. The third-order valence-electron chi connectivity index (χ3n) is 6.37. The highest BCUT2D eigenvalue weighted by Crippen LogP contribution is 2.36. The van der Waals surface area contributed by atoms with Crippen LogP contribution in [0.5, 0.6) is 0 Å². The maximum Gasteiger partial charge on any atom is 0.167 e. The third-order valence-corrected chi connectivity index (χ3v) is 6.61. The smallest absolute Gasteiger partial charge is 0.167 e. The Kier molecular flexibility index (Phi) is 4.79. The second-order valence-electron chi connectivity index (χ2n) is 8.66. The van der Waals surface area contributed by atoms with E-state index in [9.17, 15) is 0 Å². The Labute approximate surface area is 211 Å². The molecule has 0 saturated heterocycles. The Morgan fingerprint density at radius 1 is 0.528 bits per heavy atom. The normalized spacial score (nSPS) is 11.5. The van der Waals surface area contributed by atoms with Crippen LogP contribution in [-0.2, 0) is 0 Å². The lowest BCUT2D eigenvalue weighted by Crippen LogP contribution is -2.00. The molecule has 2 aromatic heterocycles. The molecule has 0 unspecified atom stereocenters. The molecule has 0 atom stereocenters. The summed E-state index contributed by atoms with van der Waals surface area (Å²) in [7, 11) is 0. The lowest BCUT2D eigenvalue weighted by molar-refractivity contribution is 0.669. The molecule has 36 heavy (non-hydrogen) atoms. The van der Waals surface area contributed by atoms with Crippen LogP contribution < -0.4 is 0 Å². The average Bonchev–Trinajstić information content (AvgIpc) is 3.31. The van der Waals surface area contributed by atoms with Crippen LogP contribution in [0.15, 0.2) is 114 Å². The maximum absolute atomic E-state index is 6.31. The van der Waals surface area contributed by atoms with Gasteiger partial charge in [0.1, 0.15) is 11.2 Å². The summed E-state index contributed by atoms with van der Waals surface area (Å²) in [5, 5.41) is 5.01. The van der Waals surface area contributed by atoms with Crippen molar-refractivity contribution in [3.05, 3.63) is 114 Å². The summed E-state index contributed by atoms with van der Waals surface area (Å²) in [4.78, 5) is 14.7. The van der Waals surface area contributed by atoms with Gasteiger partial charge in [0.25, 0.3) is 0 Å². The van der Waals surface area contributed by atoms with Crippen molar-refractivity contribution in [3.8, 4) is 34.2 Å². The van der Waals surface area contributed by atoms with E-state index in [4.69, 9.17) is 31.0 Å². The summed E-state index contributed by atoms with van der Waals surface area (Å²) in [5.74, 6) is 1.69. The molecular weight excluding hydrogens is 466 g/mol. The summed E-state index contributed by atoms with van der Waals surface area (Å²) < 4.78 is 6.28. The predicted octanol–water partition coefficient (Wildman–Crippen LogP) is 8.58. The van der Waals surface area contributed by atoms with Gasteiger partial charge in [0.15, 0.2) is 17.5 Å². The van der Waals surface area contributed by atoms with Crippen LogP contribution in [0.4, 0.5) is 0 Å². The molecule has 170 valence electrons. The molecule has 7 rings (SSSR count). The van der Waals surface area contributed by atoms with E-state index in [0.717, 1.165) is 49.4 Å². The van der Waals surface area contributed by atoms with E-state index >= 15 is 0 Å². The van der Waals surface area contributed by atoms with Crippen molar-refractivity contribution < 1.29 is 4.42 Å². The number of hydrogen-bond donors (Lipinski definition) is 0. The minimum atomic E-state index is 0.549. The lowest BCUT2D eigenvalue weighted by atomic mass is 10.1. The monoisotopic (exact) mass is 483 g/mol. The molecule has 0 aliphatic heterocycles. The third kappa shape index (κ3) is 3.51. The fourth-order valence-corrected chi connectivity index (χ4v) is 4.82. The molecule has 5 heteroatoms. The number of benzene rings is 5. The van der Waals surface area contributed by atoms with Crippen molar-refractivity contribution in [2.75, 3.05) is 0 Å². The fourth-order valence-electron chi connectivity index (χ4n) is 4.63. The van der Waals surface area contributed by atoms with Gasteiger partial charge in [-0.1, -0.05) is 90.5 Å². The lowest BCUT2D eigenvalue weighted by Gasteiger charge is -2.09. The van der Waals surface area contributed by atoms with E-state index in [2.05, 4.69) is 36.4 Å². The van der Waals surface area contributed by atoms with Crippen LogP contribution in [0.2, 0.25) is 5.02 Å². The molecule has 0 aliphatic carbocycles. The molecule has 0 fully saturated rings. The van der Waals surface area contributed by atoms with Gasteiger partial charge in [-0.05, 0) is 41.1 Å². The highest BCUT2D eigenvalue weighted by atomic mass is 35.5. The number of fused-ring (bicyclic) bond motifs is 4. The van der Waals surface area contributed by atoms with Crippen LogP contribution in [0.3, 0.4) is 0 Å². The van der Waals surface area contributed by atoms with Gasteiger partial charge in [0, 0.05) is 26.9 Å². The summed E-state index contributed by atoms with van der Waals surface area (Å²) in [5.41, 5.74) is 4.14. The van der Waals surface area contributed by atoms with Crippen molar-refractivity contribution in [2.24, 2.45) is 0 Å². The molecule has 0 bridgehead atoms. The van der Waals surface area contributed by atoms with E-state index in [1.54, 1.807) is 0 Å². The Balaban J connectivity index is 1.50. The Bertz CT molecular complexity index is 1930. The van der Waals surface area contributed by atoms with Gasteiger partial charge in [-0.25, -0.2) is 15.0 Å². The van der Waals surface area contributed by atoms with Crippen molar-refractivity contribution in [1.82, 2.24) is 15.0 Å². The molecule has 5 aromatic carbocycles. The second-order valence-corrected chi connectivity index (χ2v) is 9.10. The first-order valence-electron chi connectivity index (χ1n) is 11.6. The Morgan fingerprint density at radius 3 is 2.08 bits per heavy atom. The number of rotatable bonds is 3. The zero-order chi connectivity index (χ0) is 24.1. The van der Waals surface area contributed by atoms with E-state index in [1.165, 1.54) is 0 Å². The van der Waals surface area contributed by atoms with Crippen molar-refractivity contribution in [2.45, 2.75) is 0 Å². The topological polar surface area (TPSA) is 51.8 Å². The standard InChI is InChI=1S/C31H18ClN3O/c32-23-10-5-9-21(18-23)29-33-30(22-16-15-19-7-1-2-8-20(19)17-22)35-31(34-29)26-13-6-12-25-24-11-3-4-14-27(24)36-28(25)26/h1-18H. The van der Waals surface area contributed by atoms with Crippen molar-refractivity contribution >= 4 is 44.3 Å². The minimum absolute atomic E-state index is 0.549. The molecule has 0 amide bonds. The predicted molar refractivity (Wildman–Crippen MR) is 146 cm³/mol. The largest absolute Gasteiger partial charge is 0.455 e. The van der Waals surface area contributed by atoms with Crippen LogP contribution in [0.25, 0.3) is 66.9 Å². The minimum Gasteiger partial charge on any atom is -0.455 e. The average molecular weight is 484 g/mol. The van der Waals surface area contributed by atoms with Gasteiger partial charge in [-0.15, -0.1) is 0 Å². The highest BCUT2D eigenvalue weighted by molar-refractivity contribution is 6.30. The van der Waals surface area contributed by atoms with Gasteiger partial charge in [-0.3, -0.25) is 0 Å². The molecule has 7 aromatic rings. The maximum atomic E-state index is 6.31. The molecule has 4 nitrogen and oxygen atoms in total. The summed E-state index contributed by atoms with van der Waals surface area (Å²) >= 11 is 6.31. The van der Waals surface area contributed by atoms with E-state index in [1.807, 2.05) is 72.8 Å². The number of aromatic nitrogens is 3. The summed E-state index contributed by atoms with van der Waals surface area (Å²) in [6.45, 7) is 0. The zero-order valence-electron chi connectivity index (χ0n) is 19.0.